The molecule has 0 amide bonds. The van der Waals surface area contributed by atoms with Crippen molar-refractivity contribution in [1.82, 2.24) is 9.38 Å². The van der Waals surface area contributed by atoms with Crippen molar-refractivity contribution < 1.29 is 0 Å². The molecule has 0 aromatic carbocycles. The van der Waals surface area contributed by atoms with E-state index in [1.165, 1.54) is 5.69 Å². The van der Waals surface area contributed by atoms with Gasteiger partial charge >= 0.3 is 0 Å². The van der Waals surface area contributed by atoms with Gasteiger partial charge in [-0.15, -0.1) is 0 Å². The number of hydrogen-bond acceptors (Lipinski definition) is 2. The van der Waals surface area contributed by atoms with Gasteiger partial charge in [-0.1, -0.05) is 13.8 Å². The maximum atomic E-state index is 5.73. The molecule has 3 heteroatoms. The van der Waals surface area contributed by atoms with Crippen LogP contribution in [0.2, 0.25) is 0 Å². The number of aryl methyl sites for hydroxylation is 1. The second kappa shape index (κ2) is 3.01. The van der Waals surface area contributed by atoms with Crippen LogP contribution in [-0.2, 0) is 0 Å². The molecule has 0 saturated carbocycles. The predicted molar refractivity (Wildman–Crippen MR) is 58.4 cm³/mol. The molecule has 2 N–H and O–H groups in total. The van der Waals surface area contributed by atoms with Crippen LogP contribution in [0.3, 0.4) is 0 Å². The average Bonchev–Trinajstić information content (AvgIpc) is 2.44. The molecular formula is C11H15N3. The highest BCUT2D eigenvalue weighted by molar-refractivity contribution is 5.50. The third-order valence-corrected chi connectivity index (χ3v) is 2.46. The van der Waals surface area contributed by atoms with Crippen LogP contribution < -0.4 is 5.73 Å². The molecule has 74 valence electrons. The third kappa shape index (κ3) is 1.25. The van der Waals surface area contributed by atoms with Gasteiger partial charge in [-0.2, -0.15) is 0 Å². The molecule has 2 rings (SSSR count). The maximum Gasteiger partial charge on any atom is 0.137 e. The van der Waals surface area contributed by atoms with Crippen LogP contribution in [0.15, 0.2) is 18.3 Å². The number of nitrogen functional groups attached to an aromatic ring is 1. The number of nitrogens with two attached hydrogens (primary N) is 1. The van der Waals surface area contributed by atoms with Crippen LogP contribution in [0.1, 0.15) is 31.2 Å². The minimum atomic E-state index is 0.455. The maximum absolute atomic E-state index is 5.73. The number of pyridine rings is 1. The summed E-state index contributed by atoms with van der Waals surface area (Å²) >= 11 is 0. The molecule has 0 spiro atoms. The number of fused-ring (bicyclic) bond motifs is 1. The van der Waals surface area contributed by atoms with Crippen LogP contribution >= 0.6 is 0 Å². The Morgan fingerprint density at radius 3 is 2.71 bits per heavy atom. The zero-order chi connectivity index (χ0) is 10.3. The van der Waals surface area contributed by atoms with Gasteiger partial charge in [0.15, 0.2) is 0 Å². The van der Waals surface area contributed by atoms with Crippen molar-refractivity contribution in [3.8, 4) is 0 Å². The lowest BCUT2D eigenvalue weighted by Gasteiger charge is -2.01. The van der Waals surface area contributed by atoms with Crippen molar-refractivity contribution in [1.29, 1.82) is 0 Å². The Balaban J connectivity index is 2.74. The summed E-state index contributed by atoms with van der Waals surface area (Å²) in [5.74, 6) is 0.455. The standard InChI is InChI=1S/C11H15N3/c1-7(2)11-8(3)14-6-9(12)4-5-10(14)13-11/h4-7H,12H2,1-3H3. The topological polar surface area (TPSA) is 43.3 Å². The fourth-order valence-electron chi connectivity index (χ4n) is 1.74. The molecule has 0 aliphatic heterocycles. The van der Waals surface area contributed by atoms with E-state index in [2.05, 4.69) is 25.8 Å². The Hall–Kier alpha value is -1.51. The fraction of sp³-hybridized carbons (Fsp3) is 0.364. The van der Waals surface area contributed by atoms with E-state index < -0.39 is 0 Å². The summed E-state index contributed by atoms with van der Waals surface area (Å²) in [5, 5.41) is 0. The van der Waals surface area contributed by atoms with Crippen molar-refractivity contribution in [3.63, 3.8) is 0 Å². The average molecular weight is 189 g/mol. The summed E-state index contributed by atoms with van der Waals surface area (Å²) < 4.78 is 2.05. The predicted octanol–water partition coefficient (Wildman–Crippen LogP) is 2.35. The molecule has 0 atom stereocenters. The van der Waals surface area contributed by atoms with E-state index in [4.69, 9.17) is 5.73 Å². The van der Waals surface area contributed by atoms with Crippen LogP contribution in [0.5, 0.6) is 0 Å². The molecule has 2 heterocycles. The highest BCUT2D eigenvalue weighted by atomic mass is 15.0. The van der Waals surface area contributed by atoms with E-state index in [-0.39, 0.29) is 0 Å². The van der Waals surface area contributed by atoms with Crippen LogP contribution in [-0.4, -0.2) is 9.38 Å². The molecule has 2 aromatic rings. The van der Waals surface area contributed by atoms with E-state index in [9.17, 15) is 0 Å². The monoisotopic (exact) mass is 189 g/mol. The largest absolute Gasteiger partial charge is 0.398 e. The van der Waals surface area contributed by atoms with Gasteiger partial charge in [0.25, 0.3) is 0 Å². The van der Waals surface area contributed by atoms with Crippen molar-refractivity contribution >= 4 is 11.3 Å². The molecule has 2 aromatic heterocycles. The smallest absolute Gasteiger partial charge is 0.137 e. The lowest BCUT2D eigenvalue weighted by atomic mass is 10.1. The number of nitrogens with zero attached hydrogens (tertiary/aromatic N) is 2. The number of imidazole rings is 1. The van der Waals surface area contributed by atoms with E-state index in [1.807, 2.05) is 22.7 Å². The second-order valence-corrected chi connectivity index (χ2v) is 3.93. The number of rotatable bonds is 1. The summed E-state index contributed by atoms with van der Waals surface area (Å²) in [7, 11) is 0. The summed E-state index contributed by atoms with van der Waals surface area (Å²) in [6, 6.07) is 3.83. The van der Waals surface area contributed by atoms with E-state index in [0.29, 0.717) is 5.92 Å². The van der Waals surface area contributed by atoms with Gasteiger partial charge in [0.2, 0.25) is 0 Å². The Morgan fingerprint density at radius 2 is 2.07 bits per heavy atom. The fourth-order valence-corrected chi connectivity index (χ4v) is 1.74. The van der Waals surface area contributed by atoms with Crippen molar-refractivity contribution in [2.75, 3.05) is 5.73 Å². The van der Waals surface area contributed by atoms with Crippen LogP contribution in [0, 0.1) is 6.92 Å². The first kappa shape index (κ1) is 9.06. The van der Waals surface area contributed by atoms with Gasteiger partial charge in [0.05, 0.1) is 5.69 Å². The van der Waals surface area contributed by atoms with Gasteiger partial charge in [-0.3, -0.25) is 0 Å². The second-order valence-electron chi connectivity index (χ2n) is 3.93. The van der Waals surface area contributed by atoms with E-state index in [0.717, 1.165) is 17.0 Å². The zero-order valence-corrected chi connectivity index (χ0v) is 8.78. The minimum Gasteiger partial charge on any atom is -0.398 e. The molecule has 0 radical (unpaired) electrons. The molecule has 0 unspecified atom stereocenters. The van der Waals surface area contributed by atoms with Crippen LogP contribution in [0.25, 0.3) is 5.65 Å². The highest BCUT2D eigenvalue weighted by Crippen LogP contribution is 2.20. The summed E-state index contributed by atoms with van der Waals surface area (Å²) in [4.78, 5) is 4.56. The van der Waals surface area contributed by atoms with Gasteiger partial charge < -0.3 is 10.1 Å². The lowest BCUT2D eigenvalue weighted by molar-refractivity contribution is 0.821. The molecule has 0 saturated heterocycles. The molecule has 0 bridgehead atoms. The minimum absolute atomic E-state index is 0.455. The molecule has 0 aliphatic rings. The molecule has 3 nitrogen and oxygen atoms in total. The molecule has 14 heavy (non-hydrogen) atoms. The Kier molecular flexibility index (Phi) is 1.95. The summed E-state index contributed by atoms with van der Waals surface area (Å²) in [6.07, 6.45) is 1.92. The zero-order valence-electron chi connectivity index (χ0n) is 8.78. The lowest BCUT2D eigenvalue weighted by Crippen LogP contribution is -1.93. The molecular weight excluding hydrogens is 174 g/mol. The Bertz CT molecular complexity index is 469. The third-order valence-electron chi connectivity index (χ3n) is 2.46. The molecule has 0 fully saturated rings. The first-order valence-corrected chi connectivity index (χ1v) is 4.83. The SMILES string of the molecule is Cc1c(C(C)C)nc2ccc(N)cn12. The Morgan fingerprint density at radius 1 is 1.36 bits per heavy atom. The van der Waals surface area contributed by atoms with Gasteiger partial charge in [0, 0.05) is 17.6 Å². The van der Waals surface area contributed by atoms with Crippen molar-refractivity contribution in [3.05, 3.63) is 29.7 Å². The summed E-state index contributed by atoms with van der Waals surface area (Å²) in [6.45, 7) is 6.38. The number of anilines is 1. The van der Waals surface area contributed by atoms with Crippen molar-refractivity contribution in [2.45, 2.75) is 26.7 Å². The van der Waals surface area contributed by atoms with Gasteiger partial charge in [-0.25, -0.2) is 4.98 Å². The molecule has 0 aliphatic carbocycles. The number of hydrogen-bond donors (Lipinski definition) is 1. The normalized spacial score (nSPS) is 11.4. The van der Waals surface area contributed by atoms with E-state index in [1.54, 1.807) is 0 Å². The quantitative estimate of drug-likeness (QED) is 0.748. The Labute approximate surface area is 83.6 Å². The summed E-state index contributed by atoms with van der Waals surface area (Å²) in [5.41, 5.74) is 9.81. The highest BCUT2D eigenvalue weighted by Gasteiger charge is 2.10. The first-order chi connectivity index (χ1) is 6.59. The first-order valence-electron chi connectivity index (χ1n) is 4.83. The van der Waals surface area contributed by atoms with Gasteiger partial charge in [-0.05, 0) is 25.0 Å². The number of aromatic nitrogens is 2. The van der Waals surface area contributed by atoms with E-state index >= 15 is 0 Å². The van der Waals surface area contributed by atoms with Crippen LogP contribution in [0.4, 0.5) is 5.69 Å². The van der Waals surface area contributed by atoms with Gasteiger partial charge in [0.1, 0.15) is 5.65 Å². The van der Waals surface area contributed by atoms with Crippen molar-refractivity contribution in [2.24, 2.45) is 0 Å².